The number of nitrogens with zero attached hydrogens (tertiary/aromatic N) is 2. The van der Waals surface area contributed by atoms with Crippen LogP contribution < -0.4 is 15.4 Å². The SMILES string of the molecule is CCCCNC(=O)c1nc(C(=O)NCc2ccc(OC)cc2)c2n1CCCC2. The minimum atomic E-state index is -0.242. The lowest BCUT2D eigenvalue weighted by Crippen LogP contribution is -2.28. The van der Waals surface area contributed by atoms with Crippen LogP contribution in [0.25, 0.3) is 0 Å². The summed E-state index contributed by atoms with van der Waals surface area (Å²) in [7, 11) is 1.62. The van der Waals surface area contributed by atoms with Crippen molar-refractivity contribution in [2.24, 2.45) is 0 Å². The van der Waals surface area contributed by atoms with Crippen molar-refractivity contribution in [2.75, 3.05) is 13.7 Å². The largest absolute Gasteiger partial charge is 0.497 e. The first-order valence-electron chi connectivity index (χ1n) is 9.92. The Bertz CT molecular complexity index is 827. The molecular formula is C21H28N4O3. The maximum atomic E-state index is 12.8. The van der Waals surface area contributed by atoms with E-state index in [0.717, 1.165) is 55.7 Å². The third kappa shape index (κ3) is 4.52. The monoisotopic (exact) mass is 384 g/mol. The van der Waals surface area contributed by atoms with Gasteiger partial charge in [-0.25, -0.2) is 4.98 Å². The van der Waals surface area contributed by atoms with Gasteiger partial charge in [-0.3, -0.25) is 9.59 Å². The van der Waals surface area contributed by atoms with Crippen molar-refractivity contribution in [2.45, 2.75) is 52.1 Å². The molecule has 0 aliphatic carbocycles. The van der Waals surface area contributed by atoms with Gasteiger partial charge in [-0.15, -0.1) is 0 Å². The van der Waals surface area contributed by atoms with Crippen molar-refractivity contribution in [3.05, 3.63) is 47.0 Å². The molecule has 0 saturated heterocycles. The number of carbonyl (C=O) groups is 2. The molecule has 7 heteroatoms. The van der Waals surface area contributed by atoms with Gasteiger partial charge in [-0.1, -0.05) is 25.5 Å². The number of carbonyl (C=O) groups excluding carboxylic acids is 2. The van der Waals surface area contributed by atoms with Crippen molar-refractivity contribution in [3.8, 4) is 5.75 Å². The molecule has 1 aromatic carbocycles. The summed E-state index contributed by atoms with van der Waals surface area (Å²) in [5.74, 6) is 0.678. The predicted octanol–water partition coefficient (Wildman–Crippen LogP) is 2.69. The number of amides is 2. The number of imidazole rings is 1. The van der Waals surface area contributed by atoms with Gasteiger partial charge in [0.25, 0.3) is 11.8 Å². The van der Waals surface area contributed by atoms with Gasteiger partial charge in [0.05, 0.1) is 12.8 Å². The molecule has 2 N–H and O–H groups in total. The van der Waals surface area contributed by atoms with E-state index in [1.165, 1.54) is 0 Å². The van der Waals surface area contributed by atoms with Crippen LogP contribution in [-0.2, 0) is 19.5 Å². The quantitative estimate of drug-likeness (QED) is 0.685. The van der Waals surface area contributed by atoms with Gasteiger partial charge in [0.1, 0.15) is 11.4 Å². The van der Waals surface area contributed by atoms with Crippen molar-refractivity contribution >= 4 is 11.8 Å². The second-order valence-electron chi connectivity index (χ2n) is 6.98. The number of fused-ring (bicyclic) bond motifs is 1. The molecule has 7 nitrogen and oxygen atoms in total. The zero-order chi connectivity index (χ0) is 19.9. The van der Waals surface area contributed by atoms with E-state index in [4.69, 9.17) is 4.74 Å². The normalized spacial score (nSPS) is 12.9. The Hall–Kier alpha value is -2.83. The standard InChI is InChI=1S/C21H28N4O3/c1-3-4-12-22-21(27)19-24-18(17-7-5-6-13-25(17)19)20(26)23-14-15-8-10-16(28-2)11-9-15/h8-11H,3-7,12-14H2,1-2H3,(H,22,27)(H,23,26). The molecule has 150 valence electrons. The van der Waals surface area contributed by atoms with Crippen molar-refractivity contribution < 1.29 is 14.3 Å². The number of benzene rings is 1. The van der Waals surface area contributed by atoms with E-state index >= 15 is 0 Å². The molecule has 1 aliphatic heterocycles. The Morgan fingerprint density at radius 3 is 2.64 bits per heavy atom. The predicted molar refractivity (Wildman–Crippen MR) is 107 cm³/mol. The lowest BCUT2D eigenvalue weighted by atomic mass is 10.1. The minimum absolute atomic E-state index is 0.203. The smallest absolute Gasteiger partial charge is 0.287 e. The number of hydrogen-bond acceptors (Lipinski definition) is 4. The van der Waals surface area contributed by atoms with Gasteiger partial charge in [-0.05, 0) is 43.4 Å². The molecule has 1 aliphatic rings. The molecule has 2 aromatic rings. The number of methoxy groups -OCH3 is 1. The first-order valence-corrected chi connectivity index (χ1v) is 9.92. The van der Waals surface area contributed by atoms with Crippen LogP contribution in [0.1, 0.15) is 65.0 Å². The first-order chi connectivity index (χ1) is 13.6. The summed E-state index contributed by atoms with van der Waals surface area (Å²) in [6, 6.07) is 7.54. The van der Waals surface area contributed by atoms with Gasteiger partial charge in [-0.2, -0.15) is 0 Å². The highest BCUT2D eigenvalue weighted by Crippen LogP contribution is 2.21. The van der Waals surface area contributed by atoms with Crippen molar-refractivity contribution in [3.63, 3.8) is 0 Å². The zero-order valence-corrected chi connectivity index (χ0v) is 16.6. The van der Waals surface area contributed by atoms with E-state index in [9.17, 15) is 9.59 Å². The fourth-order valence-corrected chi connectivity index (χ4v) is 3.37. The number of nitrogens with one attached hydrogen (secondary N) is 2. The maximum absolute atomic E-state index is 12.8. The summed E-state index contributed by atoms with van der Waals surface area (Å²) in [6.07, 6.45) is 4.70. The van der Waals surface area contributed by atoms with Gasteiger partial charge < -0.3 is 19.9 Å². The topological polar surface area (TPSA) is 85.2 Å². The molecule has 2 amide bonds. The van der Waals surface area contributed by atoms with Crippen molar-refractivity contribution in [1.29, 1.82) is 0 Å². The molecular weight excluding hydrogens is 356 g/mol. The summed E-state index contributed by atoms with van der Waals surface area (Å²) in [5.41, 5.74) is 2.20. The third-order valence-corrected chi connectivity index (χ3v) is 4.96. The van der Waals surface area contributed by atoms with E-state index in [0.29, 0.717) is 24.6 Å². The van der Waals surface area contributed by atoms with E-state index in [1.807, 2.05) is 28.8 Å². The Kier molecular flexibility index (Phi) is 6.68. The number of rotatable bonds is 8. The van der Waals surface area contributed by atoms with Gasteiger partial charge in [0.2, 0.25) is 0 Å². The minimum Gasteiger partial charge on any atom is -0.497 e. The lowest BCUT2D eigenvalue weighted by molar-refractivity contribution is 0.0937. The number of aromatic nitrogens is 2. The molecule has 28 heavy (non-hydrogen) atoms. The summed E-state index contributed by atoms with van der Waals surface area (Å²) < 4.78 is 7.06. The molecule has 0 fully saturated rings. The van der Waals surface area contributed by atoms with Gasteiger partial charge in [0.15, 0.2) is 5.82 Å². The molecule has 2 heterocycles. The molecule has 0 radical (unpaired) electrons. The van der Waals surface area contributed by atoms with Crippen LogP contribution in [-0.4, -0.2) is 35.0 Å². The second kappa shape index (κ2) is 9.39. The Morgan fingerprint density at radius 1 is 1.14 bits per heavy atom. The second-order valence-corrected chi connectivity index (χ2v) is 6.98. The van der Waals surface area contributed by atoms with E-state index in [-0.39, 0.29) is 11.8 Å². The highest BCUT2D eigenvalue weighted by Gasteiger charge is 2.27. The molecule has 0 atom stereocenters. The van der Waals surface area contributed by atoms with Gasteiger partial charge in [0, 0.05) is 19.6 Å². The van der Waals surface area contributed by atoms with Crippen LogP contribution in [0.5, 0.6) is 5.75 Å². The Balaban J connectivity index is 1.72. The van der Waals surface area contributed by atoms with Crippen LogP contribution in [0, 0.1) is 0 Å². The van der Waals surface area contributed by atoms with Crippen LogP contribution >= 0.6 is 0 Å². The summed E-state index contributed by atoms with van der Waals surface area (Å²) >= 11 is 0. The molecule has 3 rings (SSSR count). The zero-order valence-electron chi connectivity index (χ0n) is 16.6. The summed E-state index contributed by atoms with van der Waals surface area (Å²) in [4.78, 5) is 29.7. The highest BCUT2D eigenvalue weighted by molar-refractivity contribution is 5.97. The van der Waals surface area contributed by atoms with Crippen LogP contribution in [0.15, 0.2) is 24.3 Å². The average Bonchev–Trinajstić information content (AvgIpc) is 3.12. The van der Waals surface area contributed by atoms with E-state index in [1.54, 1.807) is 7.11 Å². The van der Waals surface area contributed by atoms with E-state index < -0.39 is 0 Å². The highest BCUT2D eigenvalue weighted by atomic mass is 16.5. The Morgan fingerprint density at radius 2 is 1.93 bits per heavy atom. The Labute approximate surface area is 165 Å². The summed E-state index contributed by atoms with van der Waals surface area (Å²) in [6.45, 7) is 3.82. The van der Waals surface area contributed by atoms with E-state index in [2.05, 4.69) is 22.5 Å². The number of ether oxygens (including phenoxy) is 1. The molecule has 0 bridgehead atoms. The molecule has 1 aromatic heterocycles. The fraction of sp³-hybridized carbons (Fsp3) is 0.476. The fourth-order valence-electron chi connectivity index (χ4n) is 3.37. The van der Waals surface area contributed by atoms with Gasteiger partial charge >= 0.3 is 0 Å². The molecule has 0 spiro atoms. The number of unbranched alkanes of at least 4 members (excludes halogenated alkanes) is 1. The molecule has 0 saturated carbocycles. The molecule has 0 unspecified atom stereocenters. The maximum Gasteiger partial charge on any atom is 0.287 e. The lowest BCUT2D eigenvalue weighted by Gasteiger charge is -2.17. The van der Waals surface area contributed by atoms with Crippen LogP contribution in [0.4, 0.5) is 0 Å². The van der Waals surface area contributed by atoms with Crippen molar-refractivity contribution in [1.82, 2.24) is 20.2 Å². The third-order valence-electron chi connectivity index (χ3n) is 4.96. The van der Waals surface area contributed by atoms with Crippen LogP contribution in [0.3, 0.4) is 0 Å². The van der Waals surface area contributed by atoms with Crippen LogP contribution in [0.2, 0.25) is 0 Å². The number of hydrogen-bond donors (Lipinski definition) is 2. The first kappa shape index (κ1) is 19.9. The summed E-state index contributed by atoms with van der Waals surface area (Å²) in [5, 5.41) is 5.83. The average molecular weight is 384 g/mol.